The number of halogens is 5. The molecule has 132 valence electrons. The Kier molecular flexibility index (Phi) is 7.54. The van der Waals surface area contributed by atoms with Gasteiger partial charge in [0.15, 0.2) is 23.3 Å². The summed E-state index contributed by atoms with van der Waals surface area (Å²) in [5.41, 5.74) is -1.71. The molecule has 0 aliphatic heterocycles. The van der Waals surface area contributed by atoms with Gasteiger partial charge in [-0.2, -0.15) is 0 Å². The minimum Gasteiger partial charge on any atom is -0.545 e. The molecule has 0 saturated carbocycles. The molecule has 1 aromatic rings. The van der Waals surface area contributed by atoms with Crippen molar-refractivity contribution in [3.63, 3.8) is 0 Å². The Hall–Kier alpha value is -1.04. The quantitative estimate of drug-likeness (QED) is 0.254. The van der Waals surface area contributed by atoms with E-state index in [4.69, 9.17) is 4.74 Å². The average molecular weight is 376 g/mol. The monoisotopic (exact) mass is 376 g/mol. The summed E-state index contributed by atoms with van der Waals surface area (Å²) in [6.45, 7) is -1.14. The molecular weight excluding hydrogens is 366 g/mol. The maximum absolute atomic E-state index is 13.5. The Balaban J connectivity index is 0.00000312. The van der Waals surface area contributed by atoms with Crippen molar-refractivity contribution in [1.82, 2.24) is 0 Å². The molecule has 0 unspecified atom stereocenters. The first-order chi connectivity index (χ1) is 11.1. The molecule has 0 saturated heterocycles. The summed E-state index contributed by atoms with van der Waals surface area (Å²) in [6.07, 6.45) is -4.45. The van der Waals surface area contributed by atoms with Crippen LogP contribution in [0.3, 0.4) is 0 Å². The van der Waals surface area contributed by atoms with Gasteiger partial charge in [-0.3, -0.25) is 0 Å². The molecule has 3 atom stereocenters. The van der Waals surface area contributed by atoms with Crippen LogP contribution < -0.4 is 34.7 Å². The van der Waals surface area contributed by atoms with Crippen molar-refractivity contribution < 1.29 is 76.4 Å². The summed E-state index contributed by atoms with van der Waals surface area (Å²) in [5, 5.41) is 29.9. The van der Waals surface area contributed by atoms with E-state index in [9.17, 15) is 42.1 Å². The minimum absolute atomic E-state index is 0. The van der Waals surface area contributed by atoms with Gasteiger partial charge < -0.3 is 24.9 Å². The zero-order valence-electron chi connectivity index (χ0n) is 12.7. The van der Waals surface area contributed by atoms with Crippen molar-refractivity contribution in [3.8, 4) is 0 Å². The van der Waals surface area contributed by atoms with E-state index in [1.807, 2.05) is 0 Å². The van der Waals surface area contributed by atoms with Crippen LogP contribution in [0.15, 0.2) is 11.6 Å². The van der Waals surface area contributed by atoms with Gasteiger partial charge in [0.1, 0.15) is 12.2 Å². The zero-order valence-corrected chi connectivity index (χ0v) is 14.7. The number of carboxylic acid groups (broad SMARTS) is 1. The molecule has 0 radical (unpaired) electrons. The van der Waals surface area contributed by atoms with Crippen LogP contribution in [0, 0.1) is 29.1 Å². The van der Waals surface area contributed by atoms with Gasteiger partial charge in [0.2, 0.25) is 5.82 Å². The molecule has 0 heterocycles. The third-order valence-corrected chi connectivity index (χ3v) is 3.53. The first-order valence-corrected chi connectivity index (χ1v) is 6.55. The number of benzene rings is 1. The smallest absolute Gasteiger partial charge is 0.545 e. The molecule has 1 aliphatic rings. The number of ether oxygens (including phenoxy) is 1. The average Bonchev–Trinajstić information content (AvgIpc) is 2.54. The summed E-state index contributed by atoms with van der Waals surface area (Å²) in [5.74, 6) is -12.5. The third kappa shape index (κ3) is 4.39. The molecule has 0 aromatic heterocycles. The predicted octanol–water partition coefficient (Wildman–Crippen LogP) is -2.93. The van der Waals surface area contributed by atoms with Crippen molar-refractivity contribution in [3.05, 3.63) is 46.3 Å². The number of aliphatic carboxylic acids is 1. The van der Waals surface area contributed by atoms with Gasteiger partial charge in [0.05, 0.1) is 24.2 Å². The van der Waals surface area contributed by atoms with Gasteiger partial charge in [0, 0.05) is 6.42 Å². The molecule has 2 rings (SSSR count). The molecule has 5 nitrogen and oxygen atoms in total. The standard InChI is InChI=1S/C14H11F5O5.Na/c15-8-5(9(16)11(18)12(19)10(8)17)3-24-7-2-4(14(22)23)1-6(20)13(7)21;/h1,6-7,13,20-21H,2-3H2,(H,22,23);/q;+1/p-1/t6-,7-,13-;/m1./s1. The van der Waals surface area contributed by atoms with Crippen LogP contribution in [-0.4, -0.2) is 34.5 Å². The molecule has 25 heavy (non-hydrogen) atoms. The van der Waals surface area contributed by atoms with Crippen molar-refractivity contribution in [2.45, 2.75) is 31.3 Å². The molecule has 0 amide bonds. The molecule has 11 heteroatoms. The maximum Gasteiger partial charge on any atom is 1.00 e. The number of aliphatic hydroxyl groups is 2. The molecule has 0 bridgehead atoms. The Morgan fingerprint density at radius 1 is 1.08 bits per heavy atom. The first-order valence-electron chi connectivity index (χ1n) is 6.55. The van der Waals surface area contributed by atoms with Crippen molar-refractivity contribution in [2.75, 3.05) is 0 Å². The van der Waals surface area contributed by atoms with E-state index >= 15 is 0 Å². The van der Waals surface area contributed by atoms with Gasteiger partial charge in [-0.25, -0.2) is 22.0 Å². The van der Waals surface area contributed by atoms with E-state index < -0.39 is 77.5 Å². The number of carbonyl (C=O) groups excluding carboxylic acids is 1. The van der Waals surface area contributed by atoms with Gasteiger partial charge in [-0.05, 0) is 11.6 Å². The fourth-order valence-corrected chi connectivity index (χ4v) is 2.21. The van der Waals surface area contributed by atoms with Gasteiger partial charge in [0.25, 0.3) is 0 Å². The van der Waals surface area contributed by atoms with Crippen molar-refractivity contribution in [2.24, 2.45) is 0 Å². The second kappa shape index (κ2) is 8.56. The fraction of sp³-hybridized carbons (Fsp3) is 0.357. The number of rotatable bonds is 4. The molecule has 0 fully saturated rings. The molecule has 0 spiro atoms. The maximum atomic E-state index is 13.5. The van der Waals surface area contributed by atoms with Crippen LogP contribution in [0.4, 0.5) is 22.0 Å². The normalized spacial score (nSPS) is 23.0. The van der Waals surface area contributed by atoms with E-state index in [1.165, 1.54) is 0 Å². The van der Waals surface area contributed by atoms with E-state index in [0.29, 0.717) is 0 Å². The number of hydrogen-bond acceptors (Lipinski definition) is 5. The third-order valence-electron chi connectivity index (χ3n) is 3.53. The largest absolute Gasteiger partial charge is 1.00 e. The van der Waals surface area contributed by atoms with Crippen molar-refractivity contribution >= 4 is 5.97 Å². The second-order valence-corrected chi connectivity index (χ2v) is 5.06. The van der Waals surface area contributed by atoms with E-state index in [2.05, 4.69) is 0 Å². The number of aliphatic hydroxyl groups excluding tert-OH is 2. The summed E-state index contributed by atoms with van der Waals surface area (Å²) >= 11 is 0. The van der Waals surface area contributed by atoms with Gasteiger partial charge in [-0.15, -0.1) is 0 Å². The predicted molar refractivity (Wildman–Crippen MR) is 64.5 cm³/mol. The second-order valence-electron chi connectivity index (χ2n) is 5.06. The molecule has 1 aliphatic carbocycles. The number of carboxylic acids is 1. The number of carbonyl (C=O) groups is 1. The summed E-state index contributed by atoms with van der Waals surface area (Å²) < 4.78 is 71.0. The van der Waals surface area contributed by atoms with Crippen LogP contribution in [0.2, 0.25) is 0 Å². The van der Waals surface area contributed by atoms with Crippen LogP contribution in [-0.2, 0) is 16.1 Å². The SMILES string of the molecule is O=C([O-])C1=C[C@@H](O)[C@@H](O)[C@H](OCc2c(F)c(F)c(F)c(F)c2F)C1.[Na+]. The van der Waals surface area contributed by atoms with Crippen LogP contribution in [0.25, 0.3) is 0 Å². The summed E-state index contributed by atoms with van der Waals surface area (Å²) in [4.78, 5) is 10.8. The van der Waals surface area contributed by atoms with E-state index in [0.717, 1.165) is 6.08 Å². The Labute approximate surface area is 160 Å². The van der Waals surface area contributed by atoms with Crippen molar-refractivity contribution in [1.29, 1.82) is 0 Å². The molecule has 2 N–H and O–H groups in total. The van der Waals surface area contributed by atoms with Crippen LogP contribution >= 0.6 is 0 Å². The Bertz CT molecular complexity index is 682. The van der Waals surface area contributed by atoms with Crippen LogP contribution in [0.1, 0.15) is 12.0 Å². The minimum atomic E-state index is -2.33. The van der Waals surface area contributed by atoms with Crippen LogP contribution in [0.5, 0.6) is 0 Å². The van der Waals surface area contributed by atoms with E-state index in [1.54, 1.807) is 0 Å². The molecular formula is C14H10F5NaO5. The Morgan fingerprint density at radius 3 is 2.04 bits per heavy atom. The van der Waals surface area contributed by atoms with Gasteiger partial charge >= 0.3 is 29.6 Å². The summed E-state index contributed by atoms with van der Waals surface area (Å²) in [7, 11) is 0. The number of hydrogen-bond donors (Lipinski definition) is 2. The molecule has 1 aromatic carbocycles. The fourth-order valence-electron chi connectivity index (χ4n) is 2.21. The zero-order chi connectivity index (χ0) is 18.2. The van der Waals surface area contributed by atoms with Gasteiger partial charge in [-0.1, -0.05) is 0 Å². The summed E-state index contributed by atoms with van der Waals surface area (Å²) in [6, 6.07) is 0. The topological polar surface area (TPSA) is 89.8 Å². The first kappa shape index (κ1) is 22.0. The van der Waals surface area contributed by atoms with E-state index in [-0.39, 0.29) is 29.6 Å². The Morgan fingerprint density at radius 2 is 1.56 bits per heavy atom.